The second-order valence-electron chi connectivity index (χ2n) is 3.40. The van der Waals surface area contributed by atoms with Gasteiger partial charge in [-0.2, -0.15) is 0 Å². The van der Waals surface area contributed by atoms with Gasteiger partial charge in [0.1, 0.15) is 12.1 Å². The Labute approximate surface area is 121 Å². The molecule has 7 nitrogen and oxygen atoms in total. The quantitative estimate of drug-likeness (QED) is 0.658. The molecule has 0 bridgehead atoms. The number of nitrogens with one attached hydrogen (secondary N) is 1. The van der Waals surface area contributed by atoms with Crippen LogP contribution in [0, 0.1) is 10.1 Å². The predicted octanol–water partition coefficient (Wildman–Crippen LogP) is 1.75. The third-order valence-corrected chi connectivity index (χ3v) is 2.27. The number of rotatable bonds is 4. The monoisotopic (exact) mass is 305 g/mol. The largest absolute Gasteiger partial charge is 0.368 e. The van der Waals surface area contributed by atoms with Crippen LogP contribution in [0.3, 0.4) is 0 Å². The molecule has 3 N–H and O–H groups in total. The normalized spacial score (nSPS) is 9.32. The van der Waals surface area contributed by atoms with Gasteiger partial charge in [-0.15, -0.1) is 24.8 Å². The van der Waals surface area contributed by atoms with Gasteiger partial charge in [-0.3, -0.25) is 10.1 Å². The molecule has 2 aromatic rings. The average Bonchev–Trinajstić information content (AvgIpc) is 2.35. The molecule has 2 rings (SSSR count). The summed E-state index contributed by atoms with van der Waals surface area (Å²) in [4.78, 5) is 18.3. The molecule has 1 heterocycles. The Morgan fingerprint density at radius 2 is 2.05 bits per heavy atom. The molecule has 0 saturated heterocycles. The van der Waals surface area contributed by atoms with Crippen LogP contribution < -0.4 is 11.1 Å². The summed E-state index contributed by atoms with van der Waals surface area (Å²) in [6.45, 7) is 1.01. The summed E-state index contributed by atoms with van der Waals surface area (Å²) in [5.41, 5.74) is 6.06. The smallest absolute Gasteiger partial charge is 0.270 e. The summed E-state index contributed by atoms with van der Waals surface area (Å²) < 4.78 is 0. The lowest BCUT2D eigenvalue weighted by atomic mass is 10.2. The van der Waals surface area contributed by atoms with Gasteiger partial charge in [0.15, 0.2) is 0 Å². The highest BCUT2D eigenvalue weighted by Gasteiger charge is 2.09. The molecule has 0 amide bonds. The second kappa shape index (κ2) is 7.67. The number of halogens is 2. The standard InChI is InChI=1S/C10H11N5O2.2ClH/c11-3-4-12-10-8-5-7(15(16)17)1-2-9(8)13-6-14-10;;/h1-2,5-6H,3-4,11H2,(H,12,13,14);2*1H. The number of aromatic nitrogens is 2. The summed E-state index contributed by atoms with van der Waals surface area (Å²) in [5.74, 6) is 0.559. The van der Waals surface area contributed by atoms with E-state index >= 15 is 0 Å². The minimum absolute atomic E-state index is 0. The third-order valence-electron chi connectivity index (χ3n) is 2.27. The fourth-order valence-corrected chi connectivity index (χ4v) is 1.49. The number of hydrogen-bond acceptors (Lipinski definition) is 6. The van der Waals surface area contributed by atoms with Gasteiger partial charge >= 0.3 is 0 Å². The zero-order valence-corrected chi connectivity index (χ0v) is 11.4. The zero-order valence-electron chi connectivity index (χ0n) is 9.78. The molecule has 1 aromatic heterocycles. The first-order valence-electron chi connectivity index (χ1n) is 5.05. The maximum Gasteiger partial charge on any atom is 0.270 e. The van der Waals surface area contributed by atoms with Crippen molar-refractivity contribution in [3.63, 3.8) is 0 Å². The van der Waals surface area contributed by atoms with Crippen LogP contribution in [-0.4, -0.2) is 28.0 Å². The van der Waals surface area contributed by atoms with Crippen LogP contribution >= 0.6 is 24.8 Å². The van der Waals surface area contributed by atoms with Crippen molar-refractivity contribution in [3.05, 3.63) is 34.6 Å². The first kappa shape index (κ1) is 17.3. The van der Waals surface area contributed by atoms with E-state index in [0.29, 0.717) is 29.8 Å². The van der Waals surface area contributed by atoms with E-state index in [4.69, 9.17) is 5.73 Å². The highest BCUT2D eigenvalue weighted by atomic mass is 35.5. The number of benzene rings is 1. The van der Waals surface area contributed by atoms with Crippen molar-refractivity contribution in [2.75, 3.05) is 18.4 Å². The van der Waals surface area contributed by atoms with Crippen molar-refractivity contribution in [2.45, 2.75) is 0 Å². The van der Waals surface area contributed by atoms with Crippen LogP contribution in [0.5, 0.6) is 0 Å². The lowest BCUT2D eigenvalue weighted by Crippen LogP contribution is -2.14. The average molecular weight is 306 g/mol. The van der Waals surface area contributed by atoms with Gasteiger partial charge in [-0.1, -0.05) is 0 Å². The lowest BCUT2D eigenvalue weighted by molar-refractivity contribution is -0.384. The number of non-ortho nitro benzene ring substituents is 1. The van der Waals surface area contributed by atoms with Gasteiger partial charge in [0.2, 0.25) is 0 Å². The van der Waals surface area contributed by atoms with E-state index in [1.807, 2.05) is 0 Å². The van der Waals surface area contributed by atoms with E-state index in [1.54, 1.807) is 6.07 Å². The minimum atomic E-state index is -0.445. The van der Waals surface area contributed by atoms with Crippen LogP contribution in [0.25, 0.3) is 10.9 Å². The van der Waals surface area contributed by atoms with Gasteiger partial charge in [-0.05, 0) is 6.07 Å². The molecule has 0 aliphatic heterocycles. The van der Waals surface area contributed by atoms with Gasteiger partial charge in [0.05, 0.1) is 10.4 Å². The Kier molecular flexibility index (Phi) is 6.99. The topological polar surface area (TPSA) is 107 Å². The predicted molar refractivity (Wildman–Crippen MR) is 78.2 cm³/mol. The van der Waals surface area contributed by atoms with Crippen LogP contribution in [0.4, 0.5) is 11.5 Å². The third kappa shape index (κ3) is 3.88. The van der Waals surface area contributed by atoms with E-state index in [1.165, 1.54) is 18.5 Å². The molecule has 0 aliphatic rings. The fourth-order valence-electron chi connectivity index (χ4n) is 1.49. The number of nitro benzene ring substituents is 1. The highest BCUT2D eigenvalue weighted by Crippen LogP contribution is 2.23. The summed E-state index contributed by atoms with van der Waals surface area (Å²) >= 11 is 0. The summed E-state index contributed by atoms with van der Waals surface area (Å²) in [5, 5.41) is 14.3. The fraction of sp³-hybridized carbons (Fsp3) is 0.200. The Morgan fingerprint density at radius 1 is 1.32 bits per heavy atom. The van der Waals surface area contributed by atoms with Gasteiger partial charge in [0, 0.05) is 30.6 Å². The van der Waals surface area contributed by atoms with Gasteiger partial charge < -0.3 is 11.1 Å². The summed E-state index contributed by atoms with van der Waals surface area (Å²) in [6, 6.07) is 4.47. The molecule has 0 spiro atoms. The summed E-state index contributed by atoms with van der Waals surface area (Å²) in [7, 11) is 0. The van der Waals surface area contributed by atoms with Crippen molar-refractivity contribution in [3.8, 4) is 0 Å². The Balaban J connectivity index is 0.00000162. The van der Waals surface area contributed by atoms with Crippen LogP contribution in [0.2, 0.25) is 0 Å². The lowest BCUT2D eigenvalue weighted by Gasteiger charge is -2.06. The van der Waals surface area contributed by atoms with E-state index in [9.17, 15) is 10.1 Å². The van der Waals surface area contributed by atoms with Crippen molar-refractivity contribution in [1.82, 2.24) is 9.97 Å². The molecule has 0 radical (unpaired) electrons. The number of nitrogens with two attached hydrogens (primary N) is 1. The number of nitrogens with zero attached hydrogens (tertiary/aromatic N) is 3. The first-order valence-corrected chi connectivity index (χ1v) is 5.05. The molecule has 104 valence electrons. The van der Waals surface area contributed by atoms with E-state index in [0.717, 1.165) is 0 Å². The van der Waals surface area contributed by atoms with Crippen molar-refractivity contribution < 1.29 is 4.92 Å². The molecular weight excluding hydrogens is 293 g/mol. The van der Waals surface area contributed by atoms with Crippen LogP contribution in [0.15, 0.2) is 24.5 Å². The maximum atomic E-state index is 10.7. The van der Waals surface area contributed by atoms with Crippen molar-refractivity contribution >= 4 is 47.2 Å². The van der Waals surface area contributed by atoms with E-state index in [-0.39, 0.29) is 30.5 Å². The number of fused-ring (bicyclic) bond motifs is 1. The molecule has 19 heavy (non-hydrogen) atoms. The van der Waals surface area contributed by atoms with Crippen molar-refractivity contribution in [1.29, 1.82) is 0 Å². The molecule has 9 heteroatoms. The molecule has 0 atom stereocenters. The second-order valence-corrected chi connectivity index (χ2v) is 3.40. The van der Waals surface area contributed by atoms with E-state index in [2.05, 4.69) is 15.3 Å². The maximum absolute atomic E-state index is 10.7. The highest BCUT2D eigenvalue weighted by molar-refractivity contribution is 5.90. The zero-order chi connectivity index (χ0) is 12.3. The van der Waals surface area contributed by atoms with E-state index < -0.39 is 4.92 Å². The van der Waals surface area contributed by atoms with Crippen LogP contribution in [-0.2, 0) is 0 Å². The molecule has 0 fully saturated rings. The molecule has 0 aliphatic carbocycles. The number of anilines is 1. The molecule has 0 saturated carbocycles. The Morgan fingerprint density at radius 3 is 2.68 bits per heavy atom. The first-order chi connectivity index (χ1) is 8.22. The number of nitro groups is 1. The SMILES string of the molecule is Cl.Cl.NCCNc1ncnc2ccc([N+](=O)[O-])cc12. The number of hydrogen-bond donors (Lipinski definition) is 2. The summed E-state index contributed by atoms with van der Waals surface area (Å²) in [6.07, 6.45) is 1.41. The Bertz CT molecular complexity index is 567. The van der Waals surface area contributed by atoms with Crippen molar-refractivity contribution in [2.24, 2.45) is 5.73 Å². The van der Waals surface area contributed by atoms with Gasteiger partial charge in [-0.25, -0.2) is 9.97 Å². The molecule has 0 unspecified atom stereocenters. The van der Waals surface area contributed by atoms with Crippen LogP contribution in [0.1, 0.15) is 0 Å². The molecule has 1 aromatic carbocycles. The minimum Gasteiger partial charge on any atom is -0.368 e. The Hall–Kier alpha value is -1.70. The molecular formula is C10H13Cl2N5O2. The van der Waals surface area contributed by atoms with Gasteiger partial charge in [0.25, 0.3) is 5.69 Å².